The molecule has 1 unspecified atom stereocenters. The maximum Gasteiger partial charge on any atom is 0.0502 e. The van der Waals surface area contributed by atoms with E-state index < -0.39 is 0 Å². The molecule has 2 heteroatoms. The summed E-state index contributed by atoms with van der Waals surface area (Å²) in [5.41, 5.74) is 0. The monoisotopic (exact) mass is 248 g/mol. The predicted octanol–water partition coefficient (Wildman–Crippen LogP) is 3.61. The van der Waals surface area contributed by atoms with Crippen molar-refractivity contribution in [2.45, 2.75) is 39.0 Å². The lowest BCUT2D eigenvalue weighted by Gasteiger charge is -2.12. The highest BCUT2D eigenvalue weighted by molar-refractivity contribution is 9.09. The van der Waals surface area contributed by atoms with Crippen LogP contribution in [-0.2, 0) is 4.74 Å². The minimum Gasteiger partial charge on any atom is -0.381 e. The Kier molecular flexibility index (Phi) is 6.05. The van der Waals surface area contributed by atoms with Gasteiger partial charge in [-0.3, -0.25) is 0 Å². The standard InChI is InChI=1S/C11H21BrO/c1-2-3-11(8-12)9-13-7-6-10-4-5-10/h10-11H,2-9H2,1H3. The normalized spacial score (nSPS) is 18.9. The highest BCUT2D eigenvalue weighted by Crippen LogP contribution is 2.32. The van der Waals surface area contributed by atoms with Gasteiger partial charge in [-0.1, -0.05) is 42.1 Å². The molecule has 1 aliphatic carbocycles. The Morgan fingerprint density at radius 1 is 1.46 bits per heavy atom. The summed E-state index contributed by atoms with van der Waals surface area (Å²) in [6.45, 7) is 4.17. The van der Waals surface area contributed by atoms with Crippen LogP contribution in [0.4, 0.5) is 0 Å². The summed E-state index contributed by atoms with van der Waals surface area (Å²) in [6.07, 6.45) is 6.73. The van der Waals surface area contributed by atoms with Gasteiger partial charge in [-0.2, -0.15) is 0 Å². The SMILES string of the molecule is CCCC(CBr)COCCC1CC1. The average molecular weight is 249 g/mol. The first-order valence-electron chi connectivity index (χ1n) is 5.50. The molecule has 0 aliphatic heterocycles. The molecule has 0 N–H and O–H groups in total. The van der Waals surface area contributed by atoms with E-state index in [1.807, 2.05) is 0 Å². The summed E-state index contributed by atoms with van der Waals surface area (Å²) in [5.74, 6) is 1.73. The van der Waals surface area contributed by atoms with Gasteiger partial charge in [-0.15, -0.1) is 0 Å². The molecule has 1 nitrogen and oxygen atoms in total. The van der Waals surface area contributed by atoms with E-state index in [1.54, 1.807) is 0 Å². The van der Waals surface area contributed by atoms with Crippen LogP contribution in [-0.4, -0.2) is 18.5 Å². The summed E-state index contributed by atoms with van der Waals surface area (Å²) in [4.78, 5) is 0. The van der Waals surface area contributed by atoms with Gasteiger partial charge in [0.15, 0.2) is 0 Å². The van der Waals surface area contributed by atoms with Crippen LogP contribution in [0.15, 0.2) is 0 Å². The van der Waals surface area contributed by atoms with Crippen LogP contribution in [0.25, 0.3) is 0 Å². The van der Waals surface area contributed by atoms with Crippen molar-refractivity contribution in [1.82, 2.24) is 0 Å². The molecule has 0 amide bonds. The second kappa shape index (κ2) is 6.83. The van der Waals surface area contributed by atoms with E-state index in [0.717, 1.165) is 30.4 Å². The van der Waals surface area contributed by atoms with Crippen LogP contribution in [0.5, 0.6) is 0 Å². The van der Waals surface area contributed by atoms with Gasteiger partial charge in [0.1, 0.15) is 0 Å². The molecule has 0 bridgehead atoms. The second-order valence-electron chi connectivity index (χ2n) is 4.12. The highest BCUT2D eigenvalue weighted by atomic mass is 79.9. The minimum atomic E-state index is 0.726. The number of ether oxygens (including phenoxy) is 1. The third kappa shape index (κ3) is 5.69. The lowest BCUT2D eigenvalue weighted by atomic mass is 10.1. The number of hydrogen-bond acceptors (Lipinski definition) is 1. The van der Waals surface area contributed by atoms with Gasteiger partial charge in [-0.05, 0) is 24.7 Å². The zero-order chi connectivity index (χ0) is 9.52. The zero-order valence-corrected chi connectivity index (χ0v) is 10.2. The van der Waals surface area contributed by atoms with E-state index in [4.69, 9.17) is 4.74 Å². The Morgan fingerprint density at radius 3 is 2.77 bits per heavy atom. The Labute approximate surface area is 90.4 Å². The van der Waals surface area contributed by atoms with Crippen molar-refractivity contribution in [2.24, 2.45) is 11.8 Å². The van der Waals surface area contributed by atoms with Crippen LogP contribution < -0.4 is 0 Å². The van der Waals surface area contributed by atoms with Crippen LogP contribution in [0.2, 0.25) is 0 Å². The Hall–Kier alpha value is 0.440. The minimum absolute atomic E-state index is 0.726. The smallest absolute Gasteiger partial charge is 0.0502 e. The van der Waals surface area contributed by atoms with Gasteiger partial charge in [0, 0.05) is 11.9 Å². The first-order chi connectivity index (χ1) is 6.36. The first kappa shape index (κ1) is 11.5. The molecule has 0 heterocycles. The van der Waals surface area contributed by atoms with E-state index in [1.165, 1.54) is 32.1 Å². The second-order valence-corrected chi connectivity index (χ2v) is 4.76. The fraction of sp³-hybridized carbons (Fsp3) is 1.00. The molecule has 0 radical (unpaired) electrons. The van der Waals surface area contributed by atoms with Gasteiger partial charge in [0.05, 0.1) is 6.61 Å². The average Bonchev–Trinajstić information content (AvgIpc) is 2.94. The topological polar surface area (TPSA) is 9.23 Å². The molecule has 0 aromatic heterocycles. The molecular formula is C11H21BrO. The van der Waals surface area contributed by atoms with Crippen molar-refractivity contribution in [3.05, 3.63) is 0 Å². The predicted molar refractivity (Wildman–Crippen MR) is 60.4 cm³/mol. The molecule has 0 aromatic carbocycles. The van der Waals surface area contributed by atoms with Crippen molar-refractivity contribution in [3.63, 3.8) is 0 Å². The molecule has 13 heavy (non-hydrogen) atoms. The molecule has 1 aliphatic rings. The van der Waals surface area contributed by atoms with Gasteiger partial charge < -0.3 is 4.74 Å². The molecular weight excluding hydrogens is 228 g/mol. The lowest BCUT2D eigenvalue weighted by molar-refractivity contribution is 0.0986. The summed E-state index contributed by atoms with van der Waals surface area (Å²) in [6, 6.07) is 0. The largest absolute Gasteiger partial charge is 0.381 e. The quantitative estimate of drug-likeness (QED) is 0.471. The fourth-order valence-corrected chi connectivity index (χ4v) is 2.03. The number of alkyl halides is 1. The van der Waals surface area contributed by atoms with E-state index in [9.17, 15) is 0 Å². The molecule has 78 valence electrons. The molecule has 0 aromatic rings. The van der Waals surface area contributed by atoms with E-state index in [2.05, 4.69) is 22.9 Å². The number of halogens is 1. The Bertz CT molecular complexity index is 123. The lowest BCUT2D eigenvalue weighted by Crippen LogP contribution is -2.11. The Balaban J connectivity index is 1.88. The maximum absolute atomic E-state index is 5.66. The van der Waals surface area contributed by atoms with Crippen LogP contribution in [0.3, 0.4) is 0 Å². The van der Waals surface area contributed by atoms with Crippen molar-refractivity contribution >= 4 is 15.9 Å². The molecule has 0 spiro atoms. The molecule has 1 saturated carbocycles. The van der Waals surface area contributed by atoms with E-state index in [0.29, 0.717) is 0 Å². The van der Waals surface area contributed by atoms with Gasteiger partial charge in [0.25, 0.3) is 0 Å². The van der Waals surface area contributed by atoms with Crippen LogP contribution in [0.1, 0.15) is 39.0 Å². The van der Waals surface area contributed by atoms with E-state index >= 15 is 0 Å². The van der Waals surface area contributed by atoms with Gasteiger partial charge in [0.2, 0.25) is 0 Å². The maximum atomic E-state index is 5.66. The molecule has 1 fully saturated rings. The highest BCUT2D eigenvalue weighted by Gasteiger charge is 2.20. The van der Waals surface area contributed by atoms with Crippen LogP contribution >= 0.6 is 15.9 Å². The summed E-state index contributed by atoms with van der Waals surface area (Å²) in [5, 5.41) is 1.09. The van der Waals surface area contributed by atoms with Crippen molar-refractivity contribution in [3.8, 4) is 0 Å². The first-order valence-corrected chi connectivity index (χ1v) is 6.62. The summed E-state index contributed by atoms with van der Waals surface area (Å²) < 4.78 is 5.66. The summed E-state index contributed by atoms with van der Waals surface area (Å²) in [7, 11) is 0. The summed E-state index contributed by atoms with van der Waals surface area (Å²) >= 11 is 3.53. The van der Waals surface area contributed by atoms with Crippen molar-refractivity contribution in [2.75, 3.05) is 18.5 Å². The van der Waals surface area contributed by atoms with Crippen LogP contribution in [0, 0.1) is 11.8 Å². The number of rotatable bonds is 8. The fourth-order valence-electron chi connectivity index (χ4n) is 1.52. The zero-order valence-electron chi connectivity index (χ0n) is 8.60. The Morgan fingerprint density at radius 2 is 2.23 bits per heavy atom. The van der Waals surface area contributed by atoms with Crippen molar-refractivity contribution in [1.29, 1.82) is 0 Å². The van der Waals surface area contributed by atoms with Crippen molar-refractivity contribution < 1.29 is 4.74 Å². The third-order valence-electron chi connectivity index (χ3n) is 2.64. The van der Waals surface area contributed by atoms with Gasteiger partial charge >= 0.3 is 0 Å². The van der Waals surface area contributed by atoms with E-state index in [-0.39, 0.29) is 0 Å². The molecule has 1 rings (SSSR count). The molecule has 0 saturated heterocycles. The number of hydrogen-bond donors (Lipinski definition) is 0. The third-order valence-corrected chi connectivity index (χ3v) is 3.55. The molecule has 1 atom stereocenters. The van der Waals surface area contributed by atoms with Gasteiger partial charge in [-0.25, -0.2) is 0 Å².